The van der Waals surface area contributed by atoms with E-state index in [0.717, 1.165) is 25.0 Å². The highest BCUT2D eigenvalue weighted by atomic mass is 35.5. The third-order valence-electron chi connectivity index (χ3n) is 1.75. The molecule has 0 N–H and O–H groups in total. The minimum atomic E-state index is 0.764. The van der Waals surface area contributed by atoms with Crippen molar-refractivity contribution in [1.82, 2.24) is 0 Å². The highest BCUT2D eigenvalue weighted by molar-refractivity contribution is 7.19. The van der Waals surface area contributed by atoms with Crippen LogP contribution in [0.4, 0.5) is 0 Å². The van der Waals surface area contributed by atoms with Crippen LogP contribution in [0, 0.1) is 6.92 Å². The summed E-state index contributed by atoms with van der Waals surface area (Å²) in [6, 6.07) is 5.77. The number of aryl methyl sites for hydroxylation is 1. The van der Waals surface area contributed by atoms with E-state index in [2.05, 4.69) is 0 Å². The molecule has 0 atom stereocenters. The predicted molar refractivity (Wildman–Crippen MR) is 67.9 cm³/mol. The van der Waals surface area contributed by atoms with Crippen LogP contribution in [-0.2, 0) is 0 Å². The maximum atomic E-state index is 6.06. The zero-order valence-electron chi connectivity index (χ0n) is 8.40. The van der Waals surface area contributed by atoms with E-state index in [-0.39, 0.29) is 0 Å². The summed E-state index contributed by atoms with van der Waals surface area (Å²) in [5, 5.41) is 2.72. The molecule has 3 heteroatoms. The first kappa shape index (κ1) is 11.8. The van der Waals surface area contributed by atoms with Crippen molar-refractivity contribution < 1.29 is 0 Å². The molecule has 0 saturated carbocycles. The maximum absolute atomic E-state index is 6.06. The van der Waals surface area contributed by atoms with E-state index >= 15 is 0 Å². The first-order valence-electron chi connectivity index (χ1n) is 4.52. The molecule has 1 aromatic carbocycles. The summed E-state index contributed by atoms with van der Waals surface area (Å²) in [6.07, 6.45) is 0. The van der Waals surface area contributed by atoms with Crippen LogP contribution in [0.1, 0.15) is 18.7 Å². The number of benzene rings is 1. The molecule has 0 radical (unpaired) electrons. The Labute approximate surface area is 98.5 Å². The van der Waals surface area contributed by atoms with Crippen molar-refractivity contribution in [3.05, 3.63) is 33.1 Å². The predicted octanol–water partition coefficient (Wildman–Crippen LogP) is 5.54. The van der Waals surface area contributed by atoms with Crippen molar-refractivity contribution in [3.8, 4) is 0 Å². The van der Waals surface area contributed by atoms with Gasteiger partial charge in [0.15, 0.2) is 0 Å². The Morgan fingerprint density at radius 3 is 2.43 bits per heavy atom. The van der Waals surface area contributed by atoms with Crippen LogP contribution in [0.5, 0.6) is 0 Å². The number of hydrogen-bond donors (Lipinski definition) is 0. The van der Waals surface area contributed by atoms with Gasteiger partial charge in [0.1, 0.15) is 0 Å². The highest BCUT2D eigenvalue weighted by Gasteiger charge is 2.05. The molecule has 0 aliphatic carbocycles. The van der Waals surface area contributed by atoms with Gasteiger partial charge in [0.2, 0.25) is 0 Å². The third kappa shape index (κ3) is 2.22. The van der Waals surface area contributed by atoms with Crippen molar-refractivity contribution in [2.45, 2.75) is 20.8 Å². The lowest BCUT2D eigenvalue weighted by Gasteiger charge is -1.90. The Morgan fingerprint density at radius 1 is 1.14 bits per heavy atom. The molecule has 0 fully saturated rings. The van der Waals surface area contributed by atoms with Crippen molar-refractivity contribution in [3.63, 3.8) is 0 Å². The number of fused-ring (bicyclic) bond motifs is 1. The van der Waals surface area contributed by atoms with E-state index in [4.69, 9.17) is 23.2 Å². The zero-order chi connectivity index (χ0) is 10.7. The lowest BCUT2D eigenvalue weighted by atomic mass is 10.2. The Kier molecular flexibility index (Phi) is 4.24. The summed E-state index contributed by atoms with van der Waals surface area (Å²) >= 11 is 13.6. The molecule has 76 valence electrons. The second-order valence-electron chi connectivity index (χ2n) is 2.61. The van der Waals surface area contributed by atoms with E-state index < -0.39 is 0 Å². The molecular weight excluding hydrogens is 235 g/mol. The smallest absolute Gasteiger partial charge is 0.0620 e. The second-order valence-corrected chi connectivity index (χ2v) is 4.68. The molecule has 0 amide bonds. The fourth-order valence-electron chi connectivity index (χ4n) is 1.16. The summed E-state index contributed by atoms with van der Waals surface area (Å²) in [5.41, 5.74) is 0. The second kappa shape index (κ2) is 5.01. The normalized spacial score (nSPS) is 9.79. The van der Waals surface area contributed by atoms with E-state index in [9.17, 15) is 0 Å². The summed E-state index contributed by atoms with van der Waals surface area (Å²) in [6.45, 7) is 6.01. The van der Waals surface area contributed by atoms with Gasteiger partial charge in [-0.2, -0.15) is 0 Å². The van der Waals surface area contributed by atoms with Gasteiger partial charge in [0.05, 0.1) is 5.02 Å². The summed E-state index contributed by atoms with van der Waals surface area (Å²) < 4.78 is 1.16. The minimum absolute atomic E-state index is 0.764. The monoisotopic (exact) mass is 246 g/mol. The fraction of sp³-hybridized carbons (Fsp3) is 0.273. The number of halogens is 2. The van der Waals surface area contributed by atoms with E-state index in [1.54, 1.807) is 11.3 Å². The maximum Gasteiger partial charge on any atom is 0.0620 e. The largest absolute Gasteiger partial charge is 0.139 e. The molecular formula is C11H12Cl2S. The van der Waals surface area contributed by atoms with Gasteiger partial charge in [-0.1, -0.05) is 43.1 Å². The highest BCUT2D eigenvalue weighted by Crippen LogP contribution is 2.35. The minimum Gasteiger partial charge on any atom is -0.139 e. The quantitative estimate of drug-likeness (QED) is 0.573. The molecule has 1 aromatic heterocycles. The Bertz CT molecular complexity index is 432. The summed E-state index contributed by atoms with van der Waals surface area (Å²) in [7, 11) is 0. The van der Waals surface area contributed by atoms with Crippen LogP contribution in [0.15, 0.2) is 18.2 Å². The Hall–Kier alpha value is -0.240. The molecule has 14 heavy (non-hydrogen) atoms. The molecule has 2 rings (SSSR count). The lowest BCUT2D eigenvalue weighted by Crippen LogP contribution is -1.64. The van der Waals surface area contributed by atoms with Crippen LogP contribution in [0.25, 0.3) is 10.1 Å². The average molecular weight is 247 g/mol. The molecule has 0 nitrogen and oxygen atoms in total. The van der Waals surface area contributed by atoms with E-state index in [1.165, 1.54) is 0 Å². The van der Waals surface area contributed by atoms with Gasteiger partial charge in [-0.25, -0.2) is 0 Å². The summed E-state index contributed by atoms with van der Waals surface area (Å²) in [5.74, 6) is 0. The topological polar surface area (TPSA) is 0 Å². The third-order valence-corrected chi connectivity index (χ3v) is 3.65. The molecule has 0 aliphatic heterocycles. The fourth-order valence-corrected chi connectivity index (χ4v) is 2.73. The molecule has 2 aromatic rings. The standard InChI is InChI=1S/C9H6Cl2S.C2H6/c1-5-9(11)7-3-2-6(10)4-8(7)12-5;1-2/h2-4H,1H3;1-2H3. The average Bonchev–Trinajstić information content (AvgIpc) is 2.45. The number of thiophene rings is 1. The molecule has 1 heterocycles. The van der Waals surface area contributed by atoms with Crippen molar-refractivity contribution in [1.29, 1.82) is 0 Å². The van der Waals surface area contributed by atoms with E-state index in [0.29, 0.717) is 0 Å². The molecule has 0 unspecified atom stereocenters. The molecule has 0 bridgehead atoms. The van der Waals surface area contributed by atoms with Crippen LogP contribution < -0.4 is 0 Å². The van der Waals surface area contributed by atoms with Crippen LogP contribution >= 0.6 is 34.5 Å². The Balaban J connectivity index is 0.000000461. The van der Waals surface area contributed by atoms with Gasteiger partial charge in [0, 0.05) is 20.0 Å². The van der Waals surface area contributed by atoms with Crippen molar-refractivity contribution in [2.75, 3.05) is 0 Å². The first-order chi connectivity index (χ1) is 6.68. The number of hydrogen-bond acceptors (Lipinski definition) is 1. The van der Waals surface area contributed by atoms with Gasteiger partial charge in [0.25, 0.3) is 0 Å². The first-order valence-corrected chi connectivity index (χ1v) is 6.10. The number of rotatable bonds is 0. The van der Waals surface area contributed by atoms with Crippen LogP contribution in [0.2, 0.25) is 10.0 Å². The van der Waals surface area contributed by atoms with Crippen molar-refractivity contribution in [2.24, 2.45) is 0 Å². The van der Waals surface area contributed by atoms with Gasteiger partial charge in [-0.15, -0.1) is 11.3 Å². The van der Waals surface area contributed by atoms with Crippen LogP contribution in [-0.4, -0.2) is 0 Å². The van der Waals surface area contributed by atoms with Crippen LogP contribution in [0.3, 0.4) is 0 Å². The van der Waals surface area contributed by atoms with Gasteiger partial charge in [-0.3, -0.25) is 0 Å². The zero-order valence-corrected chi connectivity index (χ0v) is 10.7. The molecule has 0 aliphatic rings. The molecule has 0 saturated heterocycles. The van der Waals surface area contributed by atoms with Gasteiger partial charge >= 0.3 is 0 Å². The van der Waals surface area contributed by atoms with Gasteiger partial charge < -0.3 is 0 Å². The summed E-state index contributed by atoms with van der Waals surface area (Å²) in [4.78, 5) is 1.15. The lowest BCUT2D eigenvalue weighted by molar-refractivity contribution is 1.50. The molecule has 0 spiro atoms. The van der Waals surface area contributed by atoms with Crippen molar-refractivity contribution >= 4 is 44.6 Å². The van der Waals surface area contributed by atoms with E-state index in [1.807, 2.05) is 39.0 Å². The Morgan fingerprint density at radius 2 is 1.79 bits per heavy atom. The van der Waals surface area contributed by atoms with Gasteiger partial charge in [-0.05, 0) is 19.1 Å². The SMILES string of the molecule is CC.Cc1sc2cc(Cl)ccc2c1Cl.